The molecule has 3 rings (SSSR count). The van der Waals surface area contributed by atoms with Gasteiger partial charge in [0.2, 0.25) is 0 Å². The standard InChI is InChI=1S/C19H14BrClF2N2/c20-15-9-18(19(21)24-10-15)25(11-13-1-5-16(22)6-2-13)12-14-3-7-17(23)8-4-14/h1-10H,11-12H2. The lowest BCUT2D eigenvalue weighted by Crippen LogP contribution is -2.22. The van der Waals surface area contributed by atoms with Gasteiger partial charge in [0.1, 0.15) is 11.6 Å². The smallest absolute Gasteiger partial charge is 0.152 e. The SMILES string of the molecule is Fc1ccc(CN(Cc2ccc(F)cc2)c2cc(Br)cnc2Cl)cc1. The molecule has 0 bridgehead atoms. The Labute approximate surface area is 158 Å². The molecule has 3 aromatic rings. The lowest BCUT2D eigenvalue weighted by Gasteiger charge is -2.26. The molecule has 1 heterocycles. The van der Waals surface area contributed by atoms with Crippen LogP contribution in [0.2, 0.25) is 5.15 Å². The van der Waals surface area contributed by atoms with Crippen molar-refractivity contribution in [2.24, 2.45) is 0 Å². The van der Waals surface area contributed by atoms with E-state index in [1.807, 2.05) is 11.0 Å². The van der Waals surface area contributed by atoms with Crippen LogP contribution in [0.25, 0.3) is 0 Å². The van der Waals surface area contributed by atoms with Crippen LogP contribution in [0.5, 0.6) is 0 Å². The topological polar surface area (TPSA) is 16.1 Å². The van der Waals surface area contributed by atoms with Crippen molar-refractivity contribution in [3.63, 3.8) is 0 Å². The number of hydrogen-bond acceptors (Lipinski definition) is 2. The summed E-state index contributed by atoms with van der Waals surface area (Å²) in [5.74, 6) is -0.563. The van der Waals surface area contributed by atoms with Crippen LogP contribution >= 0.6 is 27.5 Å². The largest absolute Gasteiger partial charge is 0.360 e. The maximum atomic E-state index is 13.2. The van der Waals surface area contributed by atoms with Gasteiger partial charge in [0.05, 0.1) is 5.69 Å². The molecule has 25 heavy (non-hydrogen) atoms. The van der Waals surface area contributed by atoms with E-state index in [-0.39, 0.29) is 11.6 Å². The fourth-order valence-corrected chi connectivity index (χ4v) is 3.02. The van der Waals surface area contributed by atoms with Gasteiger partial charge in [-0.3, -0.25) is 0 Å². The quantitative estimate of drug-likeness (QED) is 0.469. The van der Waals surface area contributed by atoms with Gasteiger partial charge in [0, 0.05) is 23.8 Å². The molecule has 0 aliphatic carbocycles. The van der Waals surface area contributed by atoms with Crippen LogP contribution in [0.4, 0.5) is 14.5 Å². The van der Waals surface area contributed by atoms with Gasteiger partial charge >= 0.3 is 0 Å². The molecular formula is C19H14BrClF2N2. The Balaban J connectivity index is 1.93. The van der Waals surface area contributed by atoms with Crippen LogP contribution in [-0.4, -0.2) is 4.98 Å². The summed E-state index contributed by atoms with van der Waals surface area (Å²) in [4.78, 5) is 6.18. The molecule has 0 radical (unpaired) electrons. The lowest BCUT2D eigenvalue weighted by atomic mass is 10.1. The minimum absolute atomic E-state index is 0.281. The molecule has 0 fully saturated rings. The highest BCUT2D eigenvalue weighted by atomic mass is 79.9. The first-order valence-corrected chi connectivity index (χ1v) is 8.73. The summed E-state index contributed by atoms with van der Waals surface area (Å²) in [6.45, 7) is 1.02. The molecule has 128 valence electrons. The van der Waals surface area contributed by atoms with Gasteiger partial charge in [-0.15, -0.1) is 0 Å². The van der Waals surface area contributed by atoms with Crippen molar-refractivity contribution < 1.29 is 8.78 Å². The van der Waals surface area contributed by atoms with Crippen molar-refractivity contribution in [2.75, 3.05) is 4.90 Å². The van der Waals surface area contributed by atoms with Crippen LogP contribution in [0.15, 0.2) is 65.3 Å². The number of halogens is 4. The van der Waals surface area contributed by atoms with Crippen LogP contribution in [-0.2, 0) is 13.1 Å². The highest BCUT2D eigenvalue weighted by Gasteiger charge is 2.14. The second-order valence-corrected chi connectivity index (χ2v) is 6.85. The molecule has 1 aromatic heterocycles. The van der Waals surface area contributed by atoms with Gasteiger partial charge in [-0.2, -0.15) is 0 Å². The molecule has 2 nitrogen and oxygen atoms in total. The van der Waals surface area contributed by atoms with Crippen LogP contribution in [0.3, 0.4) is 0 Å². The average molecular weight is 424 g/mol. The monoisotopic (exact) mass is 422 g/mol. The average Bonchev–Trinajstić information content (AvgIpc) is 2.60. The van der Waals surface area contributed by atoms with Crippen molar-refractivity contribution in [1.29, 1.82) is 0 Å². The Bertz CT molecular complexity index is 807. The van der Waals surface area contributed by atoms with Crippen LogP contribution < -0.4 is 4.90 Å². The maximum absolute atomic E-state index is 13.2. The maximum Gasteiger partial charge on any atom is 0.152 e. The normalized spacial score (nSPS) is 10.7. The van der Waals surface area contributed by atoms with E-state index in [1.54, 1.807) is 30.5 Å². The first-order chi connectivity index (χ1) is 12.0. The summed E-state index contributed by atoms with van der Waals surface area (Å²) < 4.78 is 27.1. The second kappa shape index (κ2) is 7.93. The van der Waals surface area contributed by atoms with Crippen molar-refractivity contribution in [3.8, 4) is 0 Å². The van der Waals surface area contributed by atoms with Gasteiger partial charge in [-0.25, -0.2) is 13.8 Å². The molecule has 0 spiro atoms. The van der Waals surface area contributed by atoms with Crippen molar-refractivity contribution in [2.45, 2.75) is 13.1 Å². The molecule has 2 aromatic carbocycles. The third-order valence-corrected chi connectivity index (χ3v) is 4.43. The van der Waals surface area contributed by atoms with Crippen LogP contribution in [0, 0.1) is 11.6 Å². The van der Waals surface area contributed by atoms with Gasteiger partial charge in [0.25, 0.3) is 0 Å². The fourth-order valence-electron chi connectivity index (χ4n) is 2.48. The molecule has 6 heteroatoms. The Morgan fingerprint density at radius 2 is 1.36 bits per heavy atom. The lowest BCUT2D eigenvalue weighted by molar-refractivity contribution is 0.626. The summed E-state index contributed by atoms with van der Waals surface area (Å²) in [5.41, 5.74) is 2.60. The summed E-state index contributed by atoms with van der Waals surface area (Å²) in [6, 6.07) is 14.5. The first kappa shape index (κ1) is 17.8. The molecule has 0 unspecified atom stereocenters. The number of benzene rings is 2. The Hall–Kier alpha value is -1.98. The number of nitrogens with zero attached hydrogens (tertiary/aromatic N) is 2. The van der Waals surface area contributed by atoms with Gasteiger partial charge < -0.3 is 4.90 Å². The minimum Gasteiger partial charge on any atom is -0.360 e. The van der Waals surface area contributed by atoms with E-state index in [2.05, 4.69) is 20.9 Å². The van der Waals surface area contributed by atoms with E-state index < -0.39 is 0 Å². The summed E-state index contributed by atoms with van der Waals surface area (Å²) in [7, 11) is 0. The number of aromatic nitrogens is 1. The number of anilines is 1. The van der Waals surface area contributed by atoms with E-state index in [0.717, 1.165) is 21.3 Å². The minimum atomic E-state index is -0.281. The Morgan fingerprint density at radius 3 is 1.84 bits per heavy atom. The predicted molar refractivity (Wildman–Crippen MR) is 99.6 cm³/mol. The number of pyridine rings is 1. The fraction of sp³-hybridized carbons (Fsp3) is 0.105. The molecule has 0 amide bonds. The second-order valence-electron chi connectivity index (χ2n) is 5.57. The Morgan fingerprint density at radius 1 is 0.880 bits per heavy atom. The van der Waals surface area contributed by atoms with E-state index >= 15 is 0 Å². The van der Waals surface area contributed by atoms with E-state index in [4.69, 9.17) is 11.6 Å². The summed E-state index contributed by atoms with van der Waals surface area (Å²) >= 11 is 9.69. The molecule has 0 N–H and O–H groups in total. The third kappa shape index (κ3) is 4.77. The van der Waals surface area contributed by atoms with Gasteiger partial charge in [-0.1, -0.05) is 35.9 Å². The zero-order chi connectivity index (χ0) is 17.8. The first-order valence-electron chi connectivity index (χ1n) is 7.56. The zero-order valence-electron chi connectivity index (χ0n) is 13.1. The number of hydrogen-bond donors (Lipinski definition) is 0. The summed E-state index contributed by atoms with van der Waals surface area (Å²) in [5, 5.41) is 0.368. The Kier molecular flexibility index (Phi) is 5.66. The van der Waals surface area contributed by atoms with Crippen molar-refractivity contribution >= 4 is 33.2 Å². The van der Waals surface area contributed by atoms with Gasteiger partial charge in [0.15, 0.2) is 5.15 Å². The van der Waals surface area contributed by atoms with Crippen LogP contribution in [0.1, 0.15) is 11.1 Å². The van der Waals surface area contributed by atoms with Gasteiger partial charge in [-0.05, 0) is 57.4 Å². The third-order valence-electron chi connectivity index (χ3n) is 3.70. The predicted octanol–water partition coefficient (Wildman–Crippen LogP) is 5.98. The zero-order valence-corrected chi connectivity index (χ0v) is 15.4. The van der Waals surface area contributed by atoms with E-state index in [9.17, 15) is 8.78 Å². The highest BCUT2D eigenvalue weighted by molar-refractivity contribution is 9.10. The molecule has 0 aliphatic heterocycles. The summed E-state index contributed by atoms with van der Waals surface area (Å²) in [6.07, 6.45) is 1.62. The molecule has 0 saturated carbocycles. The number of rotatable bonds is 5. The van der Waals surface area contributed by atoms with E-state index in [0.29, 0.717) is 18.2 Å². The van der Waals surface area contributed by atoms with E-state index in [1.165, 1.54) is 24.3 Å². The molecule has 0 saturated heterocycles. The molecule has 0 atom stereocenters. The molecular weight excluding hydrogens is 410 g/mol. The van der Waals surface area contributed by atoms with Crippen molar-refractivity contribution in [1.82, 2.24) is 4.98 Å². The highest BCUT2D eigenvalue weighted by Crippen LogP contribution is 2.29. The molecule has 0 aliphatic rings. The van der Waals surface area contributed by atoms with Crippen molar-refractivity contribution in [3.05, 3.63) is 93.2 Å².